The molecule has 0 bridgehead atoms. The van der Waals surface area contributed by atoms with Crippen molar-refractivity contribution in [2.24, 2.45) is 0 Å². The molecule has 0 unspecified atom stereocenters. The third-order valence-electron chi connectivity index (χ3n) is 2.56. The number of esters is 1. The summed E-state index contributed by atoms with van der Waals surface area (Å²) in [5.41, 5.74) is 6.96. The van der Waals surface area contributed by atoms with Crippen LogP contribution in [0.4, 0.5) is 5.69 Å². The quantitative estimate of drug-likeness (QED) is 0.488. The zero-order valence-electron chi connectivity index (χ0n) is 11.0. The first kappa shape index (κ1) is 15.1. The molecule has 0 amide bonds. The predicted molar refractivity (Wildman–Crippen MR) is 83.9 cm³/mol. The highest BCUT2D eigenvalue weighted by atomic mass is 127. The highest BCUT2D eigenvalue weighted by molar-refractivity contribution is 14.1. The number of carbonyl (C=O) groups is 1. The van der Waals surface area contributed by atoms with Gasteiger partial charge < -0.3 is 15.2 Å². The molecule has 0 saturated carbocycles. The molecule has 0 spiro atoms. The molecule has 6 nitrogen and oxygen atoms in total. The smallest absolute Gasteiger partial charge is 0.338 e. The van der Waals surface area contributed by atoms with Gasteiger partial charge >= 0.3 is 5.97 Å². The first-order chi connectivity index (χ1) is 10.0. The Kier molecular flexibility index (Phi) is 4.59. The molecule has 2 rings (SSSR count). The standard InChI is InChI=1S/C14H10IN3O3/c1-20-14(19)9-2-3-18-12(6-9)21-13-10(15)4-8(7-16)5-11(13)17/h2-6H,17H2,1H3. The van der Waals surface area contributed by atoms with Gasteiger partial charge in [0.1, 0.15) is 0 Å². The third-order valence-corrected chi connectivity index (χ3v) is 3.37. The second-order valence-electron chi connectivity index (χ2n) is 3.96. The van der Waals surface area contributed by atoms with Crippen molar-refractivity contribution in [3.05, 3.63) is 45.2 Å². The van der Waals surface area contributed by atoms with E-state index >= 15 is 0 Å². The minimum Gasteiger partial charge on any atom is -0.465 e. The fourth-order valence-corrected chi connectivity index (χ4v) is 2.36. The number of carbonyl (C=O) groups excluding carboxylic acids is 1. The van der Waals surface area contributed by atoms with Gasteiger partial charge in [-0.3, -0.25) is 0 Å². The summed E-state index contributed by atoms with van der Waals surface area (Å²) in [5, 5.41) is 8.88. The van der Waals surface area contributed by atoms with E-state index in [2.05, 4.69) is 9.72 Å². The molecule has 7 heteroatoms. The molecule has 2 aromatic rings. The van der Waals surface area contributed by atoms with Gasteiger partial charge in [0.05, 0.1) is 33.6 Å². The van der Waals surface area contributed by atoms with Crippen molar-refractivity contribution in [3.8, 4) is 17.7 Å². The number of nitrogen functional groups attached to an aromatic ring is 1. The van der Waals surface area contributed by atoms with Gasteiger partial charge in [0.15, 0.2) is 5.75 Å². The molecule has 0 aliphatic heterocycles. The Hall–Kier alpha value is -2.34. The number of methoxy groups -OCH3 is 1. The summed E-state index contributed by atoms with van der Waals surface area (Å²) in [6.07, 6.45) is 1.44. The average molecular weight is 395 g/mol. The molecule has 1 aromatic carbocycles. The largest absolute Gasteiger partial charge is 0.465 e. The van der Waals surface area contributed by atoms with E-state index in [1.54, 1.807) is 6.07 Å². The Bertz CT molecular complexity index is 717. The number of halogens is 1. The highest BCUT2D eigenvalue weighted by Crippen LogP contribution is 2.33. The third kappa shape index (κ3) is 3.41. The van der Waals surface area contributed by atoms with E-state index in [9.17, 15) is 4.79 Å². The first-order valence-electron chi connectivity index (χ1n) is 5.76. The Labute approximate surface area is 134 Å². The van der Waals surface area contributed by atoms with Gasteiger partial charge in [-0.05, 0) is 40.8 Å². The van der Waals surface area contributed by atoms with Gasteiger partial charge in [-0.25, -0.2) is 9.78 Å². The lowest BCUT2D eigenvalue weighted by atomic mass is 10.2. The molecule has 1 heterocycles. The number of nitrogens with two attached hydrogens (primary N) is 1. The number of anilines is 1. The second-order valence-corrected chi connectivity index (χ2v) is 5.13. The molecule has 0 aliphatic carbocycles. The van der Waals surface area contributed by atoms with Gasteiger partial charge in [-0.2, -0.15) is 5.26 Å². The fourth-order valence-electron chi connectivity index (χ4n) is 1.60. The molecule has 0 radical (unpaired) electrons. The minimum absolute atomic E-state index is 0.215. The number of hydrogen-bond donors (Lipinski definition) is 1. The normalized spacial score (nSPS) is 9.76. The maximum Gasteiger partial charge on any atom is 0.338 e. The van der Waals surface area contributed by atoms with Crippen molar-refractivity contribution in [2.45, 2.75) is 0 Å². The van der Waals surface area contributed by atoms with Crippen LogP contribution in [0.1, 0.15) is 15.9 Å². The summed E-state index contributed by atoms with van der Waals surface area (Å²) in [6.45, 7) is 0. The van der Waals surface area contributed by atoms with Gasteiger partial charge in [0.25, 0.3) is 0 Å². The lowest BCUT2D eigenvalue weighted by Crippen LogP contribution is -2.02. The fraction of sp³-hybridized carbons (Fsp3) is 0.0714. The Balaban J connectivity index is 2.35. The van der Waals surface area contributed by atoms with Gasteiger partial charge in [0, 0.05) is 12.3 Å². The predicted octanol–water partition coefficient (Wildman–Crippen LogP) is 2.72. The lowest BCUT2D eigenvalue weighted by Gasteiger charge is -2.10. The van der Waals surface area contributed by atoms with E-state index in [-0.39, 0.29) is 5.88 Å². The summed E-state index contributed by atoms with van der Waals surface area (Å²) in [7, 11) is 1.30. The minimum atomic E-state index is -0.482. The molecular formula is C14H10IN3O3. The van der Waals surface area contributed by atoms with Crippen molar-refractivity contribution < 1.29 is 14.3 Å². The summed E-state index contributed by atoms with van der Waals surface area (Å²) in [4.78, 5) is 15.5. The molecule has 1 aromatic heterocycles. The molecule has 106 valence electrons. The molecule has 0 aliphatic rings. The van der Waals surface area contributed by atoms with Crippen LogP contribution in [0.2, 0.25) is 0 Å². The number of hydrogen-bond acceptors (Lipinski definition) is 6. The molecule has 2 N–H and O–H groups in total. The number of nitriles is 1. The van der Waals surface area contributed by atoms with Crippen LogP contribution in [0.3, 0.4) is 0 Å². The van der Waals surface area contributed by atoms with Crippen LogP contribution in [0.15, 0.2) is 30.5 Å². The highest BCUT2D eigenvalue weighted by Gasteiger charge is 2.12. The van der Waals surface area contributed by atoms with Crippen molar-refractivity contribution in [2.75, 3.05) is 12.8 Å². The Morgan fingerprint density at radius 3 is 2.81 bits per heavy atom. The van der Waals surface area contributed by atoms with Gasteiger partial charge in [-0.15, -0.1) is 0 Å². The van der Waals surface area contributed by atoms with E-state index < -0.39 is 5.97 Å². The van der Waals surface area contributed by atoms with Crippen LogP contribution in [0.25, 0.3) is 0 Å². The molecule has 0 fully saturated rings. The Morgan fingerprint density at radius 1 is 1.43 bits per heavy atom. The average Bonchev–Trinajstić information content (AvgIpc) is 2.50. The lowest BCUT2D eigenvalue weighted by molar-refractivity contribution is 0.0600. The number of pyridine rings is 1. The zero-order chi connectivity index (χ0) is 15.4. The van der Waals surface area contributed by atoms with Crippen LogP contribution in [0, 0.1) is 14.9 Å². The molecule has 21 heavy (non-hydrogen) atoms. The first-order valence-corrected chi connectivity index (χ1v) is 6.84. The summed E-state index contributed by atoms with van der Waals surface area (Å²) in [6, 6.07) is 8.16. The van der Waals surface area contributed by atoms with Gasteiger partial charge in [-0.1, -0.05) is 0 Å². The molecular weight excluding hydrogens is 385 g/mol. The summed E-state index contributed by atoms with van der Waals surface area (Å²) >= 11 is 2.02. The van der Waals surface area contributed by atoms with E-state index in [1.807, 2.05) is 28.7 Å². The van der Waals surface area contributed by atoms with Crippen LogP contribution >= 0.6 is 22.6 Å². The van der Waals surface area contributed by atoms with Crippen molar-refractivity contribution in [1.29, 1.82) is 5.26 Å². The Morgan fingerprint density at radius 2 is 2.19 bits per heavy atom. The molecule has 0 atom stereocenters. The monoisotopic (exact) mass is 395 g/mol. The van der Waals surface area contributed by atoms with Crippen LogP contribution in [0.5, 0.6) is 11.6 Å². The summed E-state index contributed by atoms with van der Waals surface area (Å²) in [5.74, 6) is 0.126. The van der Waals surface area contributed by atoms with Crippen molar-refractivity contribution >= 4 is 34.2 Å². The molecule has 0 saturated heterocycles. The van der Waals surface area contributed by atoms with Crippen molar-refractivity contribution in [1.82, 2.24) is 4.98 Å². The summed E-state index contributed by atoms with van der Waals surface area (Å²) < 4.78 is 10.9. The van der Waals surface area contributed by atoms with Crippen LogP contribution in [-0.4, -0.2) is 18.1 Å². The zero-order valence-corrected chi connectivity index (χ0v) is 13.1. The van der Waals surface area contributed by atoms with E-state index in [0.717, 1.165) is 0 Å². The van der Waals surface area contributed by atoms with E-state index in [1.165, 1.54) is 31.5 Å². The number of rotatable bonds is 3. The van der Waals surface area contributed by atoms with E-state index in [4.69, 9.17) is 15.7 Å². The topological polar surface area (TPSA) is 98.2 Å². The number of ether oxygens (including phenoxy) is 2. The van der Waals surface area contributed by atoms with Crippen LogP contribution < -0.4 is 10.5 Å². The maximum atomic E-state index is 11.5. The number of aromatic nitrogens is 1. The SMILES string of the molecule is COC(=O)c1ccnc(Oc2c(N)cc(C#N)cc2I)c1. The van der Waals surface area contributed by atoms with Crippen molar-refractivity contribution in [3.63, 3.8) is 0 Å². The van der Waals surface area contributed by atoms with Crippen LogP contribution in [-0.2, 0) is 4.74 Å². The van der Waals surface area contributed by atoms with Gasteiger partial charge in [0.2, 0.25) is 5.88 Å². The number of benzene rings is 1. The maximum absolute atomic E-state index is 11.5. The second kappa shape index (κ2) is 6.41. The number of nitrogens with zero attached hydrogens (tertiary/aromatic N) is 2. The van der Waals surface area contributed by atoms with E-state index in [0.29, 0.717) is 26.1 Å².